The van der Waals surface area contributed by atoms with E-state index in [0.29, 0.717) is 27.8 Å². The molecular formula is C22H14F5N5S. The number of benzene rings is 2. The van der Waals surface area contributed by atoms with Gasteiger partial charge < -0.3 is 0 Å². The van der Waals surface area contributed by atoms with Gasteiger partial charge in [-0.2, -0.15) is 5.10 Å². The summed E-state index contributed by atoms with van der Waals surface area (Å²) in [5, 5.41) is 6.95. The van der Waals surface area contributed by atoms with Crippen molar-refractivity contribution in [3.8, 4) is 22.5 Å². The lowest BCUT2D eigenvalue weighted by Crippen LogP contribution is -1.97. The molecule has 1 N–H and O–H groups in total. The van der Waals surface area contributed by atoms with E-state index in [1.807, 2.05) is 0 Å². The average Bonchev–Trinajstić information content (AvgIpc) is 3.38. The average molecular weight is 475 g/mol. The van der Waals surface area contributed by atoms with Crippen LogP contribution in [0.1, 0.15) is 24.5 Å². The lowest BCUT2D eigenvalue weighted by molar-refractivity contribution is 0.568. The maximum Gasteiger partial charge on any atom is 0.240 e. The molecule has 3 aromatic heterocycles. The summed E-state index contributed by atoms with van der Waals surface area (Å²) in [5.41, 5.74) is 2.86. The number of hydrogen-bond donors (Lipinski definition) is 1. The van der Waals surface area contributed by atoms with Gasteiger partial charge in [0.1, 0.15) is 16.5 Å². The molecule has 1 saturated carbocycles. The third kappa shape index (κ3) is 3.26. The summed E-state index contributed by atoms with van der Waals surface area (Å²) in [6.45, 7) is 0. The first-order chi connectivity index (χ1) is 15.8. The van der Waals surface area contributed by atoms with Gasteiger partial charge in [-0.25, -0.2) is 13.8 Å². The van der Waals surface area contributed by atoms with Crippen LogP contribution in [0.3, 0.4) is 0 Å². The number of aromatic amines is 1. The third-order valence-electron chi connectivity index (χ3n) is 5.79. The van der Waals surface area contributed by atoms with Crippen LogP contribution in [0.25, 0.3) is 39.1 Å². The molecule has 0 radical (unpaired) electrons. The number of nitrogens with zero attached hydrogens (tertiary/aromatic N) is 4. The zero-order valence-corrected chi connectivity index (χ0v) is 17.5. The van der Waals surface area contributed by atoms with E-state index in [4.69, 9.17) is 0 Å². The second-order valence-corrected chi connectivity index (χ2v) is 9.18. The smallest absolute Gasteiger partial charge is 0.240 e. The zero-order chi connectivity index (χ0) is 22.9. The van der Waals surface area contributed by atoms with Gasteiger partial charge in [0, 0.05) is 23.2 Å². The lowest BCUT2D eigenvalue weighted by atomic mass is 10.0. The fraction of sp³-hybridized carbons (Fsp3) is 0.136. The molecule has 1 aliphatic rings. The van der Waals surface area contributed by atoms with Crippen molar-refractivity contribution < 1.29 is 20.4 Å². The highest BCUT2D eigenvalue weighted by Crippen LogP contribution is 2.61. The molecule has 0 saturated heterocycles. The number of aromatic nitrogens is 5. The van der Waals surface area contributed by atoms with E-state index in [-0.39, 0.29) is 17.2 Å². The van der Waals surface area contributed by atoms with Gasteiger partial charge >= 0.3 is 0 Å². The Morgan fingerprint density at radius 1 is 1.03 bits per heavy atom. The molecule has 0 unspecified atom stereocenters. The largest absolute Gasteiger partial charge is 0.296 e. The number of hydrogen-bond acceptors (Lipinski definition) is 3. The summed E-state index contributed by atoms with van der Waals surface area (Å²) in [5.74, 6) is -1.61. The summed E-state index contributed by atoms with van der Waals surface area (Å²) in [6, 6.07) is 6.14. The normalized spacial score (nSPS) is 14.9. The van der Waals surface area contributed by atoms with E-state index in [1.165, 1.54) is 24.7 Å². The topological polar surface area (TPSA) is 58.9 Å². The fourth-order valence-electron chi connectivity index (χ4n) is 4.04. The second kappa shape index (κ2) is 7.01. The van der Waals surface area contributed by atoms with Crippen LogP contribution in [0, 0.1) is 11.6 Å². The highest BCUT2D eigenvalue weighted by atomic mass is 32.3. The van der Waals surface area contributed by atoms with Gasteiger partial charge in [0.15, 0.2) is 5.65 Å². The summed E-state index contributed by atoms with van der Waals surface area (Å²) in [6.07, 6.45) is 6.19. The highest BCUT2D eigenvalue weighted by Gasteiger charge is 2.32. The molecule has 2 aromatic carbocycles. The van der Waals surface area contributed by atoms with E-state index in [9.17, 15) is 16.0 Å². The molecule has 0 spiro atoms. The van der Waals surface area contributed by atoms with Gasteiger partial charge in [0.25, 0.3) is 0 Å². The molecule has 168 valence electrons. The van der Waals surface area contributed by atoms with Crippen molar-refractivity contribution in [1.29, 1.82) is 0 Å². The Bertz CT molecular complexity index is 1550. The number of imidazole rings is 1. The standard InChI is InChI=1S/C22H14F5N5S/c23-15-5-3-12(7-18(15)33(25,26)27)17-10-32-19(9-28-17)30-21(11-1-2-11)22(32)13-4-6-16-14(20(13)24)8-29-31-16/h3-11H,1-2H2,(H,29,31). The van der Waals surface area contributed by atoms with Crippen molar-refractivity contribution in [2.24, 2.45) is 0 Å². The van der Waals surface area contributed by atoms with Crippen LogP contribution < -0.4 is 0 Å². The quantitative estimate of drug-likeness (QED) is 0.287. The van der Waals surface area contributed by atoms with Crippen molar-refractivity contribution in [2.45, 2.75) is 23.7 Å². The van der Waals surface area contributed by atoms with Crippen molar-refractivity contribution in [2.75, 3.05) is 0 Å². The Labute approximate surface area is 185 Å². The predicted molar refractivity (Wildman–Crippen MR) is 115 cm³/mol. The minimum absolute atomic E-state index is 0.108. The Balaban J connectivity index is 1.58. The van der Waals surface area contributed by atoms with Gasteiger partial charge in [0.2, 0.25) is 11.2 Å². The molecule has 5 nitrogen and oxygen atoms in total. The van der Waals surface area contributed by atoms with Gasteiger partial charge in [0.05, 0.1) is 40.4 Å². The molecule has 5 aromatic rings. The number of nitrogens with one attached hydrogen (secondary N) is 1. The zero-order valence-electron chi connectivity index (χ0n) is 16.7. The highest BCUT2D eigenvalue weighted by molar-refractivity contribution is 8.20. The van der Waals surface area contributed by atoms with Crippen LogP contribution in [-0.4, -0.2) is 24.6 Å². The van der Waals surface area contributed by atoms with Crippen LogP contribution in [0.4, 0.5) is 20.4 Å². The van der Waals surface area contributed by atoms with E-state index in [1.54, 1.807) is 16.5 Å². The minimum atomic E-state index is -5.76. The first-order valence-corrected chi connectivity index (χ1v) is 11.4. The van der Waals surface area contributed by atoms with E-state index >= 15 is 4.39 Å². The van der Waals surface area contributed by atoms with Crippen molar-refractivity contribution in [1.82, 2.24) is 24.6 Å². The Morgan fingerprint density at radius 2 is 1.85 bits per heavy atom. The molecule has 0 bridgehead atoms. The maximum absolute atomic E-state index is 15.4. The van der Waals surface area contributed by atoms with Gasteiger partial charge in [-0.3, -0.25) is 14.5 Å². The summed E-state index contributed by atoms with van der Waals surface area (Å²) in [4.78, 5) is 7.60. The Kier molecular flexibility index (Phi) is 4.28. The number of rotatable bonds is 4. The number of H-pyrrole nitrogens is 1. The molecular weight excluding hydrogens is 461 g/mol. The van der Waals surface area contributed by atoms with Crippen LogP contribution in [0.5, 0.6) is 0 Å². The Morgan fingerprint density at radius 3 is 2.61 bits per heavy atom. The van der Waals surface area contributed by atoms with Gasteiger partial charge in [-0.15, -0.1) is 11.7 Å². The molecule has 0 amide bonds. The fourth-order valence-corrected chi connectivity index (χ4v) is 4.59. The number of fused-ring (bicyclic) bond motifs is 2. The van der Waals surface area contributed by atoms with Crippen molar-refractivity contribution >= 4 is 27.7 Å². The van der Waals surface area contributed by atoms with Gasteiger partial charge in [-0.05, 0) is 43.2 Å². The third-order valence-corrected chi connectivity index (χ3v) is 6.60. The van der Waals surface area contributed by atoms with Crippen LogP contribution in [-0.2, 0) is 0 Å². The molecule has 1 fully saturated rings. The lowest BCUT2D eigenvalue weighted by Gasteiger charge is -2.13. The molecule has 6 rings (SSSR count). The summed E-state index contributed by atoms with van der Waals surface area (Å²) < 4.78 is 70.7. The van der Waals surface area contributed by atoms with E-state index < -0.39 is 27.7 Å². The summed E-state index contributed by atoms with van der Waals surface area (Å²) in [7, 11) is 0. The van der Waals surface area contributed by atoms with E-state index in [0.717, 1.165) is 30.7 Å². The van der Waals surface area contributed by atoms with Crippen molar-refractivity contribution in [3.63, 3.8) is 0 Å². The molecule has 3 heterocycles. The predicted octanol–water partition coefficient (Wildman–Crippen LogP) is 6.91. The monoisotopic (exact) mass is 475 g/mol. The number of halogens is 5. The second-order valence-electron chi connectivity index (χ2n) is 7.93. The van der Waals surface area contributed by atoms with Crippen LogP contribution in [0.15, 0.2) is 53.8 Å². The van der Waals surface area contributed by atoms with E-state index in [2.05, 4.69) is 20.2 Å². The van der Waals surface area contributed by atoms with Crippen LogP contribution >= 0.6 is 11.2 Å². The molecule has 0 atom stereocenters. The molecule has 33 heavy (non-hydrogen) atoms. The molecule has 1 aliphatic carbocycles. The SMILES string of the molecule is Fc1ccc(-c2cn3c(-c4ccc5[nH]ncc5c4F)c(C4CC4)nc3cn2)cc1S(F)(F)F. The van der Waals surface area contributed by atoms with Crippen LogP contribution in [0.2, 0.25) is 0 Å². The minimum Gasteiger partial charge on any atom is -0.296 e. The molecule has 11 heteroatoms. The van der Waals surface area contributed by atoms with Crippen molar-refractivity contribution in [3.05, 3.63) is 66.3 Å². The Hall–Kier alpha value is -3.47. The first kappa shape index (κ1) is 20.2. The molecule has 0 aliphatic heterocycles. The van der Waals surface area contributed by atoms with Gasteiger partial charge in [-0.1, -0.05) is 0 Å². The maximum atomic E-state index is 15.4. The first-order valence-electron chi connectivity index (χ1n) is 10.0. The summed E-state index contributed by atoms with van der Waals surface area (Å²) >= 11 is -5.76.